The van der Waals surface area contributed by atoms with Gasteiger partial charge in [0.25, 0.3) is 0 Å². The van der Waals surface area contributed by atoms with E-state index in [9.17, 15) is 9.59 Å². The molecule has 2 N–H and O–H groups in total. The van der Waals surface area contributed by atoms with Crippen LogP contribution in [0.25, 0.3) is 0 Å². The predicted octanol–water partition coefficient (Wildman–Crippen LogP) is 0.516. The van der Waals surface area contributed by atoms with Crippen LogP contribution in [0.3, 0.4) is 0 Å². The molecule has 7 heteroatoms. The van der Waals surface area contributed by atoms with Crippen molar-refractivity contribution < 1.29 is 19.3 Å². The highest BCUT2D eigenvalue weighted by atomic mass is 32.2. The Morgan fingerprint density at radius 1 is 1.38 bits per heavy atom. The van der Waals surface area contributed by atoms with Gasteiger partial charge in [-0.3, -0.25) is 19.9 Å². The number of carbonyl (C=O) groups is 2. The third kappa shape index (κ3) is 4.29. The standard InChI is InChI=1S/C17H23N3O3S/c1-4-18-17(19-5-2)24-14-11-15(21)20(16(14)22)12-8-7-9-13(10-12)23-6-3/h7-10,14H,4-6,11H2,1-3H3,(H,18,19)/p+1/t14-/m0/s1. The van der Waals surface area contributed by atoms with E-state index in [1.165, 1.54) is 16.7 Å². The molecule has 1 heterocycles. The molecule has 1 aromatic rings. The van der Waals surface area contributed by atoms with Crippen molar-refractivity contribution in [2.45, 2.75) is 32.4 Å². The first kappa shape index (κ1) is 18.3. The number of rotatable bonds is 6. The Labute approximate surface area is 146 Å². The van der Waals surface area contributed by atoms with E-state index >= 15 is 0 Å². The largest absolute Gasteiger partial charge is 0.494 e. The third-order valence-electron chi connectivity index (χ3n) is 3.43. The lowest BCUT2D eigenvalue weighted by molar-refractivity contribution is -0.451. The number of hydrogen-bond donors (Lipinski definition) is 2. The van der Waals surface area contributed by atoms with Gasteiger partial charge in [0, 0.05) is 12.5 Å². The molecule has 2 amide bonds. The van der Waals surface area contributed by atoms with Crippen molar-refractivity contribution in [3.05, 3.63) is 24.3 Å². The molecule has 0 bridgehead atoms. The highest BCUT2D eigenvalue weighted by molar-refractivity contribution is 8.14. The number of anilines is 1. The average Bonchev–Trinajstić information content (AvgIpc) is 2.82. The van der Waals surface area contributed by atoms with Gasteiger partial charge in [0.2, 0.25) is 11.8 Å². The highest BCUT2D eigenvalue weighted by Crippen LogP contribution is 2.31. The second-order valence-electron chi connectivity index (χ2n) is 5.20. The fourth-order valence-electron chi connectivity index (χ4n) is 2.46. The average molecular weight is 350 g/mol. The van der Waals surface area contributed by atoms with Gasteiger partial charge in [-0.25, -0.2) is 4.90 Å². The molecule has 1 saturated heterocycles. The molecule has 2 rings (SSSR count). The molecular weight excluding hydrogens is 326 g/mol. The van der Waals surface area contributed by atoms with Crippen molar-refractivity contribution in [3.63, 3.8) is 0 Å². The molecule has 0 spiro atoms. The van der Waals surface area contributed by atoms with E-state index in [0.29, 0.717) is 18.0 Å². The Morgan fingerprint density at radius 2 is 2.17 bits per heavy atom. The zero-order chi connectivity index (χ0) is 17.5. The van der Waals surface area contributed by atoms with Gasteiger partial charge in [0.15, 0.2) is 0 Å². The second kappa shape index (κ2) is 8.73. The first-order valence-corrected chi connectivity index (χ1v) is 9.09. The van der Waals surface area contributed by atoms with Crippen LogP contribution >= 0.6 is 11.8 Å². The summed E-state index contributed by atoms with van der Waals surface area (Å²) in [6.45, 7) is 7.92. The molecule has 1 aliphatic rings. The molecule has 1 atom stereocenters. The first-order valence-electron chi connectivity index (χ1n) is 8.21. The van der Waals surface area contributed by atoms with Gasteiger partial charge in [-0.05, 0) is 44.7 Å². The molecule has 24 heavy (non-hydrogen) atoms. The quantitative estimate of drug-likeness (QED) is 0.444. The van der Waals surface area contributed by atoms with Crippen molar-refractivity contribution in [3.8, 4) is 5.75 Å². The van der Waals surface area contributed by atoms with Crippen molar-refractivity contribution in [1.82, 2.24) is 5.32 Å². The van der Waals surface area contributed by atoms with E-state index < -0.39 is 5.25 Å². The first-order chi connectivity index (χ1) is 11.6. The Morgan fingerprint density at radius 3 is 2.83 bits per heavy atom. The molecule has 0 saturated carbocycles. The van der Waals surface area contributed by atoms with E-state index in [2.05, 4.69) is 10.3 Å². The molecule has 130 valence electrons. The number of ether oxygens (including phenoxy) is 1. The van der Waals surface area contributed by atoms with Gasteiger partial charge in [-0.2, -0.15) is 0 Å². The summed E-state index contributed by atoms with van der Waals surface area (Å²) in [5.41, 5.74) is 0.563. The van der Waals surface area contributed by atoms with Gasteiger partial charge in [-0.1, -0.05) is 6.07 Å². The van der Waals surface area contributed by atoms with Crippen molar-refractivity contribution in [1.29, 1.82) is 0 Å². The molecule has 0 aromatic heterocycles. The Balaban J connectivity index is 2.16. The number of carbonyl (C=O) groups excluding carboxylic acids is 2. The van der Waals surface area contributed by atoms with E-state index in [-0.39, 0.29) is 18.2 Å². The number of nitrogens with zero attached hydrogens (tertiary/aromatic N) is 1. The van der Waals surface area contributed by atoms with Crippen LogP contribution in [0.4, 0.5) is 5.69 Å². The van der Waals surface area contributed by atoms with Crippen LogP contribution in [-0.2, 0) is 9.59 Å². The van der Waals surface area contributed by atoms with E-state index in [0.717, 1.165) is 18.3 Å². The van der Waals surface area contributed by atoms with E-state index in [1.54, 1.807) is 18.2 Å². The minimum atomic E-state index is -0.415. The molecule has 0 radical (unpaired) electrons. The molecule has 1 aliphatic heterocycles. The lowest BCUT2D eigenvalue weighted by Crippen LogP contribution is -2.74. The zero-order valence-corrected chi connectivity index (χ0v) is 15.1. The number of amides is 2. The maximum absolute atomic E-state index is 12.7. The predicted molar refractivity (Wildman–Crippen MR) is 96.3 cm³/mol. The molecule has 0 unspecified atom stereocenters. The topological polar surface area (TPSA) is 72.6 Å². The highest BCUT2D eigenvalue weighted by Gasteiger charge is 2.41. The van der Waals surface area contributed by atoms with Crippen LogP contribution in [0.5, 0.6) is 5.75 Å². The molecule has 6 nitrogen and oxygen atoms in total. The van der Waals surface area contributed by atoms with Crippen LogP contribution in [0, 0.1) is 0 Å². The Kier molecular flexibility index (Phi) is 6.66. The number of benzene rings is 1. The number of imide groups is 1. The van der Waals surface area contributed by atoms with Crippen LogP contribution in [0.2, 0.25) is 0 Å². The minimum Gasteiger partial charge on any atom is -0.494 e. The number of amidine groups is 1. The van der Waals surface area contributed by atoms with Gasteiger partial charge < -0.3 is 4.74 Å². The van der Waals surface area contributed by atoms with Gasteiger partial charge >= 0.3 is 5.17 Å². The fraction of sp³-hybridized carbons (Fsp3) is 0.471. The third-order valence-corrected chi connectivity index (χ3v) is 4.60. The summed E-state index contributed by atoms with van der Waals surface area (Å²) in [7, 11) is 0. The van der Waals surface area contributed by atoms with Crippen LogP contribution in [0.1, 0.15) is 27.2 Å². The van der Waals surface area contributed by atoms with Crippen molar-refractivity contribution in [2.24, 2.45) is 0 Å². The summed E-state index contributed by atoms with van der Waals surface area (Å²) in [5, 5.41) is 3.61. The normalized spacial score (nSPS) is 18.2. The zero-order valence-electron chi connectivity index (χ0n) is 14.3. The smallest absolute Gasteiger partial charge is 0.304 e. The van der Waals surface area contributed by atoms with Crippen LogP contribution in [-0.4, -0.2) is 41.9 Å². The second-order valence-corrected chi connectivity index (χ2v) is 6.41. The molecular formula is C17H24N3O3S+. The molecule has 0 aliphatic carbocycles. The van der Waals surface area contributed by atoms with Crippen molar-refractivity contribution in [2.75, 3.05) is 24.6 Å². The summed E-state index contributed by atoms with van der Waals surface area (Å²) in [6, 6.07) is 7.08. The molecule has 1 fully saturated rings. The van der Waals surface area contributed by atoms with Gasteiger partial charge in [-0.15, -0.1) is 0 Å². The van der Waals surface area contributed by atoms with Crippen LogP contribution in [0.15, 0.2) is 24.3 Å². The van der Waals surface area contributed by atoms with Crippen LogP contribution < -0.4 is 19.9 Å². The summed E-state index contributed by atoms with van der Waals surface area (Å²) in [5.74, 6) is 0.282. The van der Waals surface area contributed by atoms with E-state index in [1.807, 2.05) is 26.8 Å². The molecule has 1 aromatic carbocycles. The fourth-order valence-corrected chi connectivity index (χ4v) is 3.63. The Bertz CT molecular complexity index is 633. The summed E-state index contributed by atoms with van der Waals surface area (Å²) in [4.78, 5) is 29.5. The summed E-state index contributed by atoms with van der Waals surface area (Å²) >= 11 is 1.38. The monoisotopic (exact) mass is 350 g/mol. The summed E-state index contributed by atoms with van der Waals surface area (Å²) < 4.78 is 5.45. The SMILES string of the molecule is CCNC(=[NH+]CC)S[C@H]1CC(=O)N(c2cccc(OCC)c2)C1=O. The lowest BCUT2D eigenvalue weighted by Gasteiger charge is -2.15. The van der Waals surface area contributed by atoms with Gasteiger partial charge in [0.1, 0.15) is 11.0 Å². The number of hydrogen-bond acceptors (Lipinski definition) is 4. The lowest BCUT2D eigenvalue weighted by atomic mass is 10.3. The number of nitrogens with one attached hydrogen (secondary N) is 2. The maximum atomic E-state index is 12.7. The van der Waals surface area contributed by atoms with Crippen molar-refractivity contribution >= 4 is 34.4 Å². The summed E-state index contributed by atoms with van der Waals surface area (Å²) in [6.07, 6.45) is 0.197. The Hall–Kier alpha value is -2.02. The van der Waals surface area contributed by atoms with Gasteiger partial charge in [0.05, 0.1) is 25.4 Å². The number of thioether (sulfide) groups is 1. The minimum absolute atomic E-state index is 0.182. The maximum Gasteiger partial charge on any atom is 0.304 e. The van der Waals surface area contributed by atoms with E-state index in [4.69, 9.17) is 4.74 Å².